The molecule has 160 valence electrons. The fraction of sp³-hybridized carbons (Fsp3) is 0.143. The quantitative estimate of drug-likeness (QED) is 0.262. The standard InChI is InChI=1S/C28H23N4S/c1-16-12-13-21-26(18(16)3)32(28-29-25-17(2)8-7-10-20(25)31(21)28)27-24-19-9-5-6-11-22(19)33-23(24)14-15-30(27)4/h5-15H,1-4H3/q+1. The Morgan fingerprint density at radius 3 is 2.55 bits per heavy atom. The van der Waals surface area contributed by atoms with E-state index < -0.39 is 0 Å². The number of nitrogens with zero attached hydrogens (tertiary/aromatic N) is 4. The van der Waals surface area contributed by atoms with Crippen molar-refractivity contribution in [1.29, 1.82) is 0 Å². The lowest BCUT2D eigenvalue weighted by Gasteiger charge is -2.07. The maximum Gasteiger partial charge on any atom is 0.312 e. The second-order valence-corrected chi connectivity index (χ2v) is 10.1. The van der Waals surface area contributed by atoms with Gasteiger partial charge in [0.1, 0.15) is 0 Å². The van der Waals surface area contributed by atoms with Crippen LogP contribution in [-0.4, -0.2) is 14.0 Å². The van der Waals surface area contributed by atoms with E-state index in [0.29, 0.717) is 0 Å². The number of pyridine rings is 1. The zero-order valence-corrected chi connectivity index (χ0v) is 19.9. The average Bonchev–Trinajstić information content (AvgIpc) is 3.47. The van der Waals surface area contributed by atoms with Gasteiger partial charge >= 0.3 is 5.78 Å². The van der Waals surface area contributed by atoms with E-state index in [-0.39, 0.29) is 0 Å². The van der Waals surface area contributed by atoms with E-state index in [1.807, 2.05) is 11.3 Å². The van der Waals surface area contributed by atoms with Gasteiger partial charge in [-0.1, -0.05) is 36.4 Å². The van der Waals surface area contributed by atoms with Gasteiger partial charge in [-0.15, -0.1) is 11.3 Å². The summed E-state index contributed by atoms with van der Waals surface area (Å²) in [6.45, 7) is 6.56. The minimum Gasteiger partial charge on any atom is -0.254 e. The molecule has 7 rings (SSSR count). The number of thiophene rings is 1. The summed E-state index contributed by atoms with van der Waals surface area (Å²) in [7, 11) is 2.14. The fourth-order valence-corrected chi connectivity index (χ4v) is 6.37. The van der Waals surface area contributed by atoms with Crippen LogP contribution in [0.2, 0.25) is 0 Å². The van der Waals surface area contributed by atoms with Crippen molar-refractivity contribution in [3.05, 3.63) is 83.6 Å². The first-order valence-corrected chi connectivity index (χ1v) is 12.0. The number of benzene rings is 3. The molecule has 4 aromatic heterocycles. The number of aromatic nitrogens is 4. The predicted octanol–water partition coefficient (Wildman–Crippen LogP) is 6.55. The first-order chi connectivity index (χ1) is 16.0. The molecule has 0 spiro atoms. The monoisotopic (exact) mass is 447 g/mol. The van der Waals surface area contributed by atoms with Crippen LogP contribution < -0.4 is 4.57 Å². The van der Waals surface area contributed by atoms with E-state index in [2.05, 4.69) is 108 Å². The first-order valence-electron chi connectivity index (χ1n) is 11.2. The van der Waals surface area contributed by atoms with E-state index >= 15 is 0 Å². The van der Waals surface area contributed by atoms with Crippen LogP contribution >= 0.6 is 11.3 Å². The third-order valence-electron chi connectivity index (χ3n) is 7.06. The number of aryl methyl sites for hydroxylation is 4. The van der Waals surface area contributed by atoms with Crippen LogP contribution in [0.3, 0.4) is 0 Å². The Bertz CT molecular complexity index is 1920. The normalized spacial score (nSPS) is 12.2. The molecule has 5 heteroatoms. The highest BCUT2D eigenvalue weighted by Gasteiger charge is 2.29. The van der Waals surface area contributed by atoms with Gasteiger partial charge in [0.2, 0.25) is 0 Å². The summed E-state index contributed by atoms with van der Waals surface area (Å²) in [4.78, 5) is 5.23. The molecule has 0 amide bonds. The lowest BCUT2D eigenvalue weighted by molar-refractivity contribution is -0.664. The molecule has 0 unspecified atom stereocenters. The Balaban J connectivity index is 1.80. The second-order valence-electron chi connectivity index (χ2n) is 8.99. The van der Waals surface area contributed by atoms with Crippen molar-refractivity contribution in [2.45, 2.75) is 20.8 Å². The van der Waals surface area contributed by atoms with Gasteiger partial charge in [-0.2, -0.15) is 9.55 Å². The summed E-state index contributed by atoms with van der Waals surface area (Å²) < 4.78 is 9.57. The van der Waals surface area contributed by atoms with Crippen LogP contribution in [0, 0.1) is 20.8 Å². The molecule has 0 aliphatic heterocycles. The van der Waals surface area contributed by atoms with Crippen molar-refractivity contribution in [3.8, 4) is 5.82 Å². The summed E-state index contributed by atoms with van der Waals surface area (Å²) >= 11 is 1.85. The van der Waals surface area contributed by atoms with E-state index in [0.717, 1.165) is 22.6 Å². The van der Waals surface area contributed by atoms with Gasteiger partial charge < -0.3 is 0 Å². The SMILES string of the molecule is Cc1ccc2c(c1C)n(-c1c3c(cc[n+]1C)sc1ccccc13)c1nc3c(C)cccc3n21. The average molecular weight is 448 g/mol. The molecule has 3 aromatic carbocycles. The predicted molar refractivity (Wildman–Crippen MR) is 138 cm³/mol. The summed E-state index contributed by atoms with van der Waals surface area (Å²) in [6.07, 6.45) is 2.18. The van der Waals surface area contributed by atoms with Crippen LogP contribution in [0.25, 0.3) is 53.8 Å². The van der Waals surface area contributed by atoms with Crippen LogP contribution in [0.5, 0.6) is 0 Å². The minimum absolute atomic E-state index is 0.960. The van der Waals surface area contributed by atoms with Gasteiger partial charge in [-0.05, 0) is 56.2 Å². The van der Waals surface area contributed by atoms with Crippen molar-refractivity contribution in [1.82, 2.24) is 14.0 Å². The van der Waals surface area contributed by atoms with Crippen molar-refractivity contribution in [2.75, 3.05) is 0 Å². The molecule has 7 aromatic rings. The Hall–Kier alpha value is -3.70. The highest BCUT2D eigenvalue weighted by molar-refractivity contribution is 7.25. The first kappa shape index (κ1) is 18.8. The van der Waals surface area contributed by atoms with E-state index in [1.54, 1.807) is 0 Å². The fourth-order valence-electron chi connectivity index (χ4n) is 5.27. The van der Waals surface area contributed by atoms with Crippen LogP contribution in [0.4, 0.5) is 0 Å². The van der Waals surface area contributed by atoms with Gasteiger partial charge in [0.15, 0.2) is 5.52 Å². The van der Waals surface area contributed by atoms with E-state index in [1.165, 1.54) is 47.9 Å². The molecule has 0 saturated carbocycles. The minimum atomic E-state index is 0.960. The summed E-state index contributed by atoms with van der Waals surface area (Å²) in [5.74, 6) is 2.12. The highest BCUT2D eigenvalue weighted by Crippen LogP contribution is 2.39. The van der Waals surface area contributed by atoms with Crippen LogP contribution in [0.15, 0.2) is 66.9 Å². The van der Waals surface area contributed by atoms with Gasteiger partial charge in [-0.25, -0.2) is 4.57 Å². The number of hydrogen-bond donors (Lipinski definition) is 0. The molecular formula is C28H23N4S+. The summed E-state index contributed by atoms with van der Waals surface area (Å²) in [5.41, 5.74) is 8.40. The molecule has 0 atom stereocenters. The number of rotatable bonds is 1. The number of imidazole rings is 2. The highest BCUT2D eigenvalue weighted by atomic mass is 32.1. The molecule has 0 aliphatic carbocycles. The molecule has 33 heavy (non-hydrogen) atoms. The van der Waals surface area contributed by atoms with E-state index in [4.69, 9.17) is 4.98 Å². The van der Waals surface area contributed by atoms with Crippen molar-refractivity contribution in [2.24, 2.45) is 7.05 Å². The zero-order valence-electron chi connectivity index (χ0n) is 19.0. The van der Waals surface area contributed by atoms with E-state index in [9.17, 15) is 0 Å². The Kier molecular flexibility index (Phi) is 3.67. The largest absolute Gasteiger partial charge is 0.312 e. The molecule has 4 nitrogen and oxygen atoms in total. The topological polar surface area (TPSA) is 26.1 Å². The number of para-hydroxylation sites is 1. The summed E-state index contributed by atoms with van der Waals surface area (Å²) in [5, 5.41) is 2.57. The molecule has 4 heterocycles. The van der Waals surface area contributed by atoms with Crippen LogP contribution in [-0.2, 0) is 7.05 Å². The van der Waals surface area contributed by atoms with Gasteiger partial charge in [0.25, 0.3) is 5.82 Å². The maximum absolute atomic E-state index is 5.23. The Morgan fingerprint density at radius 1 is 0.818 bits per heavy atom. The zero-order chi connectivity index (χ0) is 22.4. The van der Waals surface area contributed by atoms with Crippen molar-refractivity contribution >= 4 is 59.4 Å². The molecule has 0 saturated heterocycles. The van der Waals surface area contributed by atoms with Gasteiger partial charge in [0.05, 0.1) is 35.2 Å². The molecule has 0 radical (unpaired) electrons. The second kappa shape index (κ2) is 6.42. The third kappa shape index (κ3) is 2.35. The lowest BCUT2D eigenvalue weighted by Crippen LogP contribution is -2.33. The van der Waals surface area contributed by atoms with Crippen LogP contribution in [0.1, 0.15) is 16.7 Å². The molecule has 0 bridgehead atoms. The van der Waals surface area contributed by atoms with Crippen molar-refractivity contribution in [3.63, 3.8) is 0 Å². The van der Waals surface area contributed by atoms with Gasteiger partial charge in [-0.3, -0.25) is 4.40 Å². The lowest BCUT2D eigenvalue weighted by atomic mass is 10.1. The summed E-state index contributed by atoms with van der Waals surface area (Å²) in [6, 6.07) is 21.9. The molecule has 0 aliphatic rings. The van der Waals surface area contributed by atoms with Gasteiger partial charge in [0, 0.05) is 20.3 Å². The Morgan fingerprint density at radius 2 is 1.67 bits per heavy atom. The maximum atomic E-state index is 5.23. The third-order valence-corrected chi connectivity index (χ3v) is 8.19. The Labute approximate surface area is 195 Å². The number of fused-ring (bicyclic) bond motifs is 8. The number of hydrogen-bond acceptors (Lipinski definition) is 2. The van der Waals surface area contributed by atoms with Crippen molar-refractivity contribution < 1.29 is 4.57 Å². The smallest absolute Gasteiger partial charge is 0.254 e. The molecular weight excluding hydrogens is 424 g/mol. The molecule has 0 N–H and O–H groups in total. The molecule has 0 fully saturated rings.